The highest BCUT2D eigenvalue weighted by Crippen LogP contribution is 2.06. The van der Waals surface area contributed by atoms with Gasteiger partial charge in [-0.3, -0.25) is 9.59 Å². The van der Waals surface area contributed by atoms with Crippen LogP contribution in [0, 0.1) is 0 Å². The molecule has 13 heteroatoms. The van der Waals surface area contributed by atoms with Crippen molar-refractivity contribution >= 4 is 36.1 Å². The number of carboxylic acids is 2. The van der Waals surface area contributed by atoms with Gasteiger partial charge in [0.25, 0.3) is 0 Å². The summed E-state index contributed by atoms with van der Waals surface area (Å²) in [6, 6.07) is 13.2. The Morgan fingerprint density at radius 3 is 1.30 bits per heavy atom. The molecule has 0 spiro atoms. The van der Waals surface area contributed by atoms with Gasteiger partial charge in [-0.1, -0.05) is 60.7 Å². The molecule has 2 rings (SSSR count). The molecule has 13 nitrogen and oxygen atoms in total. The van der Waals surface area contributed by atoms with Gasteiger partial charge in [-0.15, -0.1) is 0 Å². The maximum Gasteiger partial charge on any atom is 0.408 e. The van der Waals surface area contributed by atoms with Gasteiger partial charge in [0.1, 0.15) is 25.3 Å². The third-order valence-corrected chi connectivity index (χ3v) is 4.54. The second-order valence-corrected chi connectivity index (χ2v) is 7.45. The Kier molecular flexibility index (Phi) is 11.1. The van der Waals surface area contributed by atoms with Crippen LogP contribution in [0.25, 0.3) is 0 Å². The molecule has 0 bridgehead atoms. The quantitative estimate of drug-likeness (QED) is 0.182. The molecule has 0 saturated carbocycles. The lowest BCUT2D eigenvalue weighted by Gasteiger charge is -2.18. The van der Waals surface area contributed by atoms with Crippen LogP contribution in [0.2, 0.25) is 0 Å². The number of alkyl carbamates (subject to hydrolysis) is 2. The second-order valence-electron chi connectivity index (χ2n) is 7.45. The minimum absolute atomic E-state index is 0.184. The topological polar surface area (TPSA) is 195 Å². The maximum atomic E-state index is 12.4. The number of amides is 2. The summed E-state index contributed by atoms with van der Waals surface area (Å²) in [7, 11) is 0. The number of aliphatic carboxylic acids is 2. The van der Waals surface area contributed by atoms with E-state index in [2.05, 4.69) is 4.74 Å². The van der Waals surface area contributed by atoms with Crippen molar-refractivity contribution in [1.29, 1.82) is 0 Å². The smallest absolute Gasteiger partial charge is 0.408 e. The Bertz CT molecular complexity index is 1020. The van der Waals surface area contributed by atoms with Crippen LogP contribution in [-0.4, -0.2) is 58.4 Å². The predicted molar refractivity (Wildman–Crippen MR) is 123 cm³/mol. The number of carbonyl (C=O) groups excluding carboxylic acids is 4. The molecule has 0 aliphatic rings. The first kappa shape index (κ1) is 28.3. The van der Waals surface area contributed by atoms with Gasteiger partial charge >= 0.3 is 36.1 Å². The minimum Gasteiger partial charge on any atom is -0.481 e. The number of nitrogens with one attached hydrogen (secondary N) is 2. The molecule has 0 saturated heterocycles. The molecular formula is C24H24N2O11. The van der Waals surface area contributed by atoms with Gasteiger partial charge in [0.2, 0.25) is 0 Å². The van der Waals surface area contributed by atoms with Gasteiger partial charge in [0.15, 0.2) is 0 Å². The van der Waals surface area contributed by atoms with Crippen LogP contribution < -0.4 is 10.6 Å². The van der Waals surface area contributed by atoms with Crippen LogP contribution in [0.3, 0.4) is 0 Å². The van der Waals surface area contributed by atoms with Crippen molar-refractivity contribution in [3.05, 3.63) is 71.8 Å². The Labute approximate surface area is 210 Å². The number of benzene rings is 2. The van der Waals surface area contributed by atoms with Crippen molar-refractivity contribution in [3.63, 3.8) is 0 Å². The fourth-order valence-electron chi connectivity index (χ4n) is 2.79. The molecule has 196 valence electrons. The molecule has 0 heterocycles. The van der Waals surface area contributed by atoms with Crippen molar-refractivity contribution in [2.45, 2.75) is 38.1 Å². The van der Waals surface area contributed by atoms with E-state index in [0.717, 1.165) is 0 Å². The van der Waals surface area contributed by atoms with Crippen molar-refractivity contribution in [2.24, 2.45) is 0 Å². The summed E-state index contributed by atoms with van der Waals surface area (Å²) in [6.45, 7) is -0.369. The largest absolute Gasteiger partial charge is 0.481 e. The van der Waals surface area contributed by atoms with Crippen molar-refractivity contribution in [1.82, 2.24) is 10.6 Å². The molecule has 4 N–H and O–H groups in total. The van der Waals surface area contributed by atoms with E-state index in [1.807, 2.05) is 10.6 Å². The Morgan fingerprint density at radius 2 is 0.973 bits per heavy atom. The van der Waals surface area contributed by atoms with Crippen LogP contribution in [0.5, 0.6) is 0 Å². The van der Waals surface area contributed by atoms with E-state index >= 15 is 0 Å². The van der Waals surface area contributed by atoms with E-state index < -0.39 is 61.0 Å². The van der Waals surface area contributed by atoms with E-state index in [-0.39, 0.29) is 13.2 Å². The van der Waals surface area contributed by atoms with Gasteiger partial charge in [0, 0.05) is 0 Å². The molecule has 0 radical (unpaired) electrons. The maximum absolute atomic E-state index is 12.4. The predicted octanol–water partition coefficient (Wildman–Crippen LogP) is 1.60. The van der Waals surface area contributed by atoms with Crippen molar-refractivity contribution in [2.75, 3.05) is 0 Å². The number of carboxylic acid groups (broad SMARTS) is 2. The zero-order valence-electron chi connectivity index (χ0n) is 19.3. The molecule has 0 unspecified atom stereocenters. The third kappa shape index (κ3) is 10.9. The summed E-state index contributed by atoms with van der Waals surface area (Å²) in [5.74, 6) is -6.03. The zero-order chi connectivity index (χ0) is 27.2. The van der Waals surface area contributed by atoms with E-state index in [1.54, 1.807) is 60.7 Å². The second kappa shape index (κ2) is 14.5. The van der Waals surface area contributed by atoms with Gasteiger partial charge in [-0.2, -0.15) is 0 Å². The van der Waals surface area contributed by atoms with Gasteiger partial charge < -0.3 is 35.1 Å². The summed E-state index contributed by atoms with van der Waals surface area (Å²) in [4.78, 5) is 71.2. The fourth-order valence-corrected chi connectivity index (χ4v) is 2.79. The van der Waals surface area contributed by atoms with Crippen molar-refractivity contribution in [3.8, 4) is 0 Å². The van der Waals surface area contributed by atoms with Crippen LogP contribution >= 0.6 is 0 Å². The highest BCUT2D eigenvalue weighted by Gasteiger charge is 2.32. The minimum atomic E-state index is -1.85. The Balaban J connectivity index is 1.97. The van der Waals surface area contributed by atoms with E-state index in [9.17, 15) is 28.8 Å². The monoisotopic (exact) mass is 516 g/mol. The molecule has 0 fully saturated rings. The van der Waals surface area contributed by atoms with E-state index in [0.29, 0.717) is 11.1 Å². The summed E-state index contributed by atoms with van der Waals surface area (Å²) in [5.41, 5.74) is 1.24. The average molecular weight is 516 g/mol. The van der Waals surface area contributed by atoms with Crippen LogP contribution in [0.15, 0.2) is 60.7 Å². The molecule has 37 heavy (non-hydrogen) atoms. The molecule has 0 aromatic heterocycles. The molecule has 0 aliphatic heterocycles. The Hall–Kier alpha value is -4.94. The summed E-state index contributed by atoms with van der Waals surface area (Å²) in [6.07, 6.45) is -4.26. The average Bonchev–Trinajstić information content (AvgIpc) is 2.86. The van der Waals surface area contributed by atoms with Gasteiger partial charge in [-0.05, 0) is 11.1 Å². The van der Waals surface area contributed by atoms with Gasteiger partial charge in [-0.25, -0.2) is 19.2 Å². The Morgan fingerprint density at radius 1 is 0.622 bits per heavy atom. The number of hydrogen-bond acceptors (Lipinski definition) is 9. The van der Waals surface area contributed by atoms with E-state index in [1.165, 1.54) is 0 Å². The zero-order valence-corrected chi connectivity index (χ0v) is 19.3. The molecule has 2 aromatic rings. The van der Waals surface area contributed by atoms with Crippen LogP contribution in [0.1, 0.15) is 24.0 Å². The SMILES string of the molecule is O=C(O)C[C@H](NC(=O)OCc1ccccc1)C(=O)OC(=O)[C@H](CC(=O)O)NC(=O)OCc1ccccc1. The number of carbonyl (C=O) groups is 6. The van der Waals surface area contributed by atoms with Crippen LogP contribution in [0.4, 0.5) is 9.59 Å². The number of esters is 2. The molecule has 2 aromatic carbocycles. The molecular weight excluding hydrogens is 492 g/mol. The van der Waals surface area contributed by atoms with E-state index in [4.69, 9.17) is 19.7 Å². The fraction of sp³-hybridized carbons (Fsp3) is 0.250. The number of rotatable bonds is 12. The molecule has 0 aliphatic carbocycles. The lowest BCUT2D eigenvalue weighted by molar-refractivity contribution is -0.165. The normalized spacial score (nSPS) is 11.8. The first-order chi connectivity index (χ1) is 17.6. The number of ether oxygens (including phenoxy) is 3. The first-order valence-electron chi connectivity index (χ1n) is 10.8. The lowest BCUT2D eigenvalue weighted by Crippen LogP contribution is -2.48. The molecule has 2 amide bonds. The summed E-state index contributed by atoms with van der Waals surface area (Å²) < 4.78 is 14.4. The highest BCUT2D eigenvalue weighted by atomic mass is 16.6. The number of hydrogen-bond donors (Lipinski definition) is 4. The lowest BCUT2D eigenvalue weighted by atomic mass is 10.2. The standard InChI is InChI=1S/C24H24N2O11/c27-19(28)11-17(25-23(33)35-13-15-7-3-1-4-8-15)21(31)37-22(32)18(12-20(29)30)26-24(34)36-14-16-9-5-2-6-10-16/h1-10,17-18H,11-14H2,(H,25,33)(H,26,34)(H,27,28)(H,29,30)/t17-,18-/m0/s1. The van der Waals surface area contributed by atoms with Gasteiger partial charge in [0.05, 0.1) is 12.8 Å². The third-order valence-electron chi connectivity index (χ3n) is 4.54. The van der Waals surface area contributed by atoms with Crippen LogP contribution in [-0.2, 0) is 46.6 Å². The summed E-state index contributed by atoms with van der Waals surface area (Å²) in [5, 5.41) is 22.1. The summed E-state index contributed by atoms with van der Waals surface area (Å²) >= 11 is 0. The first-order valence-corrected chi connectivity index (χ1v) is 10.8. The molecule has 2 atom stereocenters. The highest BCUT2D eigenvalue weighted by molar-refractivity contribution is 5.96. The van der Waals surface area contributed by atoms with Crippen molar-refractivity contribution < 1.29 is 53.2 Å².